The molecule has 4 heterocycles. The van der Waals surface area contributed by atoms with Crippen molar-refractivity contribution in [1.29, 1.82) is 0 Å². The second-order valence-electron chi connectivity index (χ2n) is 6.56. The number of anilines is 1. The Morgan fingerprint density at radius 3 is 2.35 bits per heavy atom. The highest BCUT2D eigenvalue weighted by molar-refractivity contribution is 5.93. The van der Waals surface area contributed by atoms with E-state index in [9.17, 15) is 0 Å². The Balaban J connectivity index is 1.96. The van der Waals surface area contributed by atoms with Crippen molar-refractivity contribution in [2.45, 2.75) is 20.8 Å². The summed E-state index contributed by atoms with van der Waals surface area (Å²) >= 11 is 0. The molecule has 4 rings (SSSR count). The number of rotatable bonds is 1. The Kier molecular flexibility index (Phi) is 3.23. The van der Waals surface area contributed by atoms with Crippen LogP contribution in [-0.4, -0.2) is 57.7 Å². The molecular formula is C17H22N6. The van der Waals surface area contributed by atoms with Crippen molar-refractivity contribution in [1.82, 2.24) is 24.5 Å². The van der Waals surface area contributed by atoms with E-state index in [1.54, 1.807) is 0 Å². The van der Waals surface area contributed by atoms with E-state index in [1.807, 2.05) is 11.4 Å². The van der Waals surface area contributed by atoms with Gasteiger partial charge >= 0.3 is 0 Å². The summed E-state index contributed by atoms with van der Waals surface area (Å²) in [7, 11) is 2.17. The largest absolute Gasteiger partial charge is 0.354 e. The van der Waals surface area contributed by atoms with Crippen LogP contribution in [0.25, 0.3) is 16.7 Å². The lowest BCUT2D eigenvalue weighted by Gasteiger charge is -2.33. The van der Waals surface area contributed by atoms with Gasteiger partial charge in [-0.1, -0.05) is 0 Å². The van der Waals surface area contributed by atoms with Gasteiger partial charge in [-0.05, 0) is 39.4 Å². The van der Waals surface area contributed by atoms with Crippen molar-refractivity contribution in [3.05, 3.63) is 29.1 Å². The number of nitrogens with zero attached hydrogens (tertiary/aromatic N) is 6. The number of fused-ring (bicyclic) bond motifs is 3. The molecule has 120 valence electrons. The molecule has 0 N–H and O–H groups in total. The fraction of sp³-hybridized carbons (Fsp3) is 0.471. The Morgan fingerprint density at radius 1 is 0.913 bits per heavy atom. The number of aromatic nitrogens is 4. The molecule has 0 aliphatic carbocycles. The van der Waals surface area contributed by atoms with E-state index in [0.29, 0.717) is 0 Å². The molecule has 0 saturated carbocycles. The first-order valence-electron chi connectivity index (χ1n) is 8.11. The smallest absolute Gasteiger partial charge is 0.184 e. The summed E-state index contributed by atoms with van der Waals surface area (Å²) in [5.74, 6) is 1.12. The molecule has 0 bridgehead atoms. The molecule has 0 radical (unpaired) electrons. The topological polar surface area (TPSA) is 49.6 Å². The maximum Gasteiger partial charge on any atom is 0.184 e. The number of piperazine rings is 1. The highest BCUT2D eigenvalue weighted by Gasteiger charge is 2.20. The van der Waals surface area contributed by atoms with Gasteiger partial charge in [-0.15, -0.1) is 5.10 Å². The first-order valence-corrected chi connectivity index (χ1v) is 8.11. The first kappa shape index (κ1) is 14.4. The number of aryl methyl sites for hydroxylation is 3. The standard InChI is InChI=1S/C17H22N6/c1-11-9-12(2)18-16-15(11)17-19-13(3)10-14(23(17)20-16)22-7-5-21(4)6-8-22/h9-10H,5-8H2,1-4H3. The summed E-state index contributed by atoms with van der Waals surface area (Å²) in [5.41, 5.74) is 4.91. The molecule has 0 aromatic carbocycles. The molecule has 0 atom stereocenters. The molecular weight excluding hydrogens is 288 g/mol. The van der Waals surface area contributed by atoms with Crippen LogP contribution in [0.1, 0.15) is 17.0 Å². The van der Waals surface area contributed by atoms with Crippen LogP contribution in [0.5, 0.6) is 0 Å². The SMILES string of the molecule is Cc1cc(C)c2c(n1)nn1c(N3CCN(C)CC3)cc(C)nc21. The van der Waals surface area contributed by atoms with Gasteiger partial charge < -0.3 is 9.80 Å². The molecule has 0 amide bonds. The molecule has 23 heavy (non-hydrogen) atoms. The van der Waals surface area contributed by atoms with Crippen molar-refractivity contribution < 1.29 is 0 Å². The summed E-state index contributed by atoms with van der Waals surface area (Å²) in [6.07, 6.45) is 0. The van der Waals surface area contributed by atoms with Crippen LogP contribution >= 0.6 is 0 Å². The molecule has 3 aromatic heterocycles. The average Bonchev–Trinajstić information content (AvgIpc) is 2.85. The van der Waals surface area contributed by atoms with Gasteiger partial charge in [0.15, 0.2) is 11.3 Å². The number of pyridine rings is 1. The van der Waals surface area contributed by atoms with Crippen LogP contribution in [0.15, 0.2) is 12.1 Å². The summed E-state index contributed by atoms with van der Waals surface area (Å²) < 4.78 is 1.97. The summed E-state index contributed by atoms with van der Waals surface area (Å²) in [5, 5.41) is 5.82. The van der Waals surface area contributed by atoms with Gasteiger partial charge in [0.25, 0.3) is 0 Å². The predicted molar refractivity (Wildman–Crippen MR) is 92.2 cm³/mol. The fourth-order valence-corrected chi connectivity index (χ4v) is 3.38. The van der Waals surface area contributed by atoms with E-state index in [1.165, 1.54) is 5.56 Å². The maximum absolute atomic E-state index is 4.76. The normalized spacial score (nSPS) is 16.6. The molecule has 1 aliphatic rings. The Bertz CT molecular complexity index is 889. The van der Waals surface area contributed by atoms with Crippen LogP contribution in [0.3, 0.4) is 0 Å². The van der Waals surface area contributed by atoms with Gasteiger partial charge in [0.05, 0.1) is 5.39 Å². The van der Waals surface area contributed by atoms with Crippen LogP contribution < -0.4 is 4.90 Å². The third-order valence-electron chi connectivity index (χ3n) is 4.61. The van der Waals surface area contributed by atoms with Gasteiger partial charge in [0.1, 0.15) is 5.82 Å². The lowest BCUT2D eigenvalue weighted by Crippen LogP contribution is -2.45. The zero-order valence-corrected chi connectivity index (χ0v) is 14.2. The quantitative estimate of drug-likeness (QED) is 0.687. The Morgan fingerprint density at radius 2 is 1.61 bits per heavy atom. The Hall–Kier alpha value is -2.21. The highest BCUT2D eigenvalue weighted by atomic mass is 15.4. The Labute approximate surface area is 135 Å². The van der Waals surface area contributed by atoms with Crippen molar-refractivity contribution >= 4 is 22.5 Å². The highest BCUT2D eigenvalue weighted by Crippen LogP contribution is 2.26. The number of hydrogen-bond donors (Lipinski definition) is 0. The van der Waals surface area contributed by atoms with Crippen LogP contribution in [0.4, 0.5) is 5.82 Å². The van der Waals surface area contributed by atoms with Crippen LogP contribution in [-0.2, 0) is 0 Å². The average molecular weight is 310 g/mol. The molecule has 1 fully saturated rings. The monoisotopic (exact) mass is 310 g/mol. The maximum atomic E-state index is 4.76. The number of hydrogen-bond acceptors (Lipinski definition) is 5. The lowest BCUT2D eigenvalue weighted by atomic mass is 10.2. The van der Waals surface area contributed by atoms with Gasteiger partial charge in [-0.2, -0.15) is 4.52 Å². The summed E-state index contributed by atoms with van der Waals surface area (Å²) in [4.78, 5) is 14.1. The van der Waals surface area contributed by atoms with Gasteiger partial charge in [-0.3, -0.25) is 0 Å². The van der Waals surface area contributed by atoms with E-state index < -0.39 is 0 Å². The molecule has 0 unspecified atom stereocenters. The minimum absolute atomic E-state index is 0.788. The number of likely N-dealkylation sites (N-methyl/N-ethyl adjacent to an activating group) is 1. The molecule has 6 nitrogen and oxygen atoms in total. The third kappa shape index (κ3) is 2.34. The first-order chi connectivity index (χ1) is 11.0. The summed E-state index contributed by atoms with van der Waals surface area (Å²) in [6.45, 7) is 10.3. The molecule has 3 aromatic rings. The van der Waals surface area contributed by atoms with Gasteiger partial charge in [-0.25, -0.2) is 9.97 Å². The van der Waals surface area contributed by atoms with Gasteiger partial charge in [0.2, 0.25) is 0 Å². The van der Waals surface area contributed by atoms with E-state index in [0.717, 1.165) is 60.1 Å². The predicted octanol–water partition coefficient (Wildman–Crippen LogP) is 1.95. The molecule has 1 aliphatic heterocycles. The lowest BCUT2D eigenvalue weighted by molar-refractivity contribution is 0.311. The van der Waals surface area contributed by atoms with E-state index in [4.69, 9.17) is 10.1 Å². The third-order valence-corrected chi connectivity index (χ3v) is 4.61. The van der Waals surface area contributed by atoms with Crippen molar-refractivity contribution in [3.8, 4) is 0 Å². The van der Waals surface area contributed by atoms with Gasteiger partial charge in [0, 0.05) is 43.6 Å². The fourth-order valence-electron chi connectivity index (χ4n) is 3.38. The second kappa shape index (κ2) is 5.16. The van der Waals surface area contributed by atoms with Crippen molar-refractivity contribution in [2.75, 3.05) is 38.1 Å². The zero-order chi connectivity index (χ0) is 16.1. The molecule has 1 saturated heterocycles. The van der Waals surface area contributed by atoms with Crippen LogP contribution in [0.2, 0.25) is 0 Å². The zero-order valence-electron chi connectivity index (χ0n) is 14.2. The molecule has 6 heteroatoms. The second-order valence-corrected chi connectivity index (χ2v) is 6.56. The minimum Gasteiger partial charge on any atom is -0.354 e. The molecule has 0 spiro atoms. The van der Waals surface area contributed by atoms with E-state index in [2.05, 4.69) is 47.8 Å². The minimum atomic E-state index is 0.788. The van der Waals surface area contributed by atoms with Crippen LogP contribution in [0, 0.1) is 20.8 Å². The summed E-state index contributed by atoms with van der Waals surface area (Å²) in [6, 6.07) is 4.23. The van der Waals surface area contributed by atoms with E-state index in [-0.39, 0.29) is 0 Å². The van der Waals surface area contributed by atoms with E-state index >= 15 is 0 Å². The van der Waals surface area contributed by atoms with Crippen molar-refractivity contribution in [2.24, 2.45) is 0 Å². The van der Waals surface area contributed by atoms with Crippen molar-refractivity contribution in [3.63, 3.8) is 0 Å².